The van der Waals surface area contributed by atoms with Crippen LogP contribution in [0.15, 0.2) is 46.4 Å². The second-order valence-corrected chi connectivity index (χ2v) is 7.40. The van der Waals surface area contributed by atoms with Gasteiger partial charge in [0, 0.05) is 11.6 Å². The molecule has 2 N–H and O–H groups in total. The lowest BCUT2D eigenvalue weighted by Gasteiger charge is -2.24. The standard InChI is InChI=1S/C19H19N3O2S/c23-16-6-2-1-5-15(16)21-19-22-18(24)17(25-19)11-12-7-8-14-13(10-12)4-3-9-20-14/h3-4,7-11,15-16,23H,1-2,5-6H2,(H,21,22,24)/b17-11-. The molecule has 128 valence electrons. The summed E-state index contributed by atoms with van der Waals surface area (Å²) in [4.78, 5) is 21.7. The van der Waals surface area contributed by atoms with Crippen LogP contribution in [-0.4, -0.2) is 33.3 Å². The van der Waals surface area contributed by atoms with E-state index in [9.17, 15) is 9.90 Å². The average molecular weight is 353 g/mol. The Kier molecular flexibility index (Phi) is 4.55. The number of hydrogen-bond donors (Lipinski definition) is 2. The largest absolute Gasteiger partial charge is 0.391 e. The normalized spacial score (nSPS) is 27.2. The molecule has 2 aliphatic rings. The zero-order valence-corrected chi connectivity index (χ0v) is 14.5. The topological polar surface area (TPSA) is 74.6 Å². The van der Waals surface area contributed by atoms with Gasteiger partial charge in [-0.05, 0) is 54.4 Å². The van der Waals surface area contributed by atoms with E-state index in [0.29, 0.717) is 10.1 Å². The van der Waals surface area contributed by atoms with Gasteiger partial charge in [0.1, 0.15) is 0 Å². The molecular formula is C19H19N3O2S. The van der Waals surface area contributed by atoms with Crippen LogP contribution in [0.5, 0.6) is 0 Å². The molecule has 1 aromatic heterocycles. The van der Waals surface area contributed by atoms with E-state index in [0.717, 1.165) is 42.1 Å². The third kappa shape index (κ3) is 3.60. The van der Waals surface area contributed by atoms with Gasteiger partial charge in [-0.15, -0.1) is 0 Å². The van der Waals surface area contributed by atoms with Crippen molar-refractivity contribution in [2.24, 2.45) is 4.99 Å². The number of benzene rings is 1. The maximum atomic E-state index is 12.2. The molecular weight excluding hydrogens is 334 g/mol. The lowest BCUT2D eigenvalue weighted by Crippen LogP contribution is -2.30. The van der Waals surface area contributed by atoms with Crippen LogP contribution in [0.2, 0.25) is 0 Å². The summed E-state index contributed by atoms with van der Waals surface area (Å²) in [5, 5.41) is 14.5. The highest BCUT2D eigenvalue weighted by molar-refractivity contribution is 8.18. The van der Waals surface area contributed by atoms with E-state index in [4.69, 9.17) is 0 Å². The van der Waals surface area contributed by atoms with Crippen molar-refractivity contribution in [2.45, 2.75) is 37.8 Å². The smallest absolute Gasteiger partial charge is 0.264 e. The summed E-state index contributed by atoms with van der Waals surface area (Å²) in [7, 11) is 0. The summed E-state index contributed by atoms with van der Waals surface area (Å²) >= 11 is 1.34. The number of carbonyl (C=O) groups excluding carboxylic acids is 1. The molecule has 2 aromatic rings. The molecule has 1 aromatic carbocycles. The zero-order chi connectivity index (χ0) is 17.2. The number of aliphatic hydroxyl groups excluding tert-OH is 1. The Balaban J connectivity index is 1.55. The van der Waals surface area contributed by atoms with Gasteiger partial charge in [0.15, 0.2) is 5.17 Å². The van der Waals surface area contributed by atoms with Gasteiger partial charge >= 0.3 is 0 Å². The molecule has 2 atom stereocenters. The van der Waals surface area contributed by atoms with Crippen LogP contribution in [0.4, 0.5) is 0 Å². The quantitative estimate of drug-likeness (QED) is 0.814. The average Bonchev–Trinajstić information content (AvgIpc) is 2.96. The van der Waals surface area contributed by atoms with Gasteiger partial charge in [-0.3, -0.25) is 14.8 Å². The Bertz CT molecular complexity index is 878. The maximum absolute atomic E-state index is 12.2. The molecule has 1 aliphatic carbocycles. The van der Waals surface area contributed by atoms with Gasteiger partial charge < -0.3 is 10.4 Å². The number of carbonyl (C=O) groups is 1. The molecule has 1 aliphatic heterocycles. The zero-order valence-electron chi connectivity index (χ0n) is 13.7. The van der Waals surface area contributed by atoms with E-state index in [1.807, 2.05) is 36.4 Å². The lowest BCUT2D eigenvalue weighted by molar-refractivity contribution is -0.115. The number of amidine groups is 1. The number of hydrogen-bond acceptors (Lipinski definition) is 5. The van der Waals surface area contributed by atoms with E-state index >= 15 is 0 Å². The highest BCUT2D eigenvalue weighted by Crippen LogP contribution is 2.29. The van der Waals surface area contributed by atoms with Crippen LogP contribution in [0, 0.1) is 0 Å². The number of aromatic nitrogens is 1. The van der Waals surface area contributed by atoms with Crippen molar-refractivity contribution < 1.29 is 9.90 Å². The summed E-state index contributed by atoms with van der Waals surface area (Å²) in [6.45, 7) is 0. The fourth-order valence-electron chi connectivity index (χ4n) is 3.22. The van der Waals surface area contributed by atoms with E-state index in [1.165, 1.54) is 11.8 Å². The van der Waals surface area contributed by atoms with Gasteiger partial charge in [-0.2, -0.15) is 0 Å². The Morgan fingerprint density at radius 1 is 1.28 bits per heavy atom. The molecule has 1 saturated carbocycles. The fraction of sp³-hybridized carbons (Fsp3) is 0.316. The molecule has 2 fully saturated rings. The van der Waals surface area contributed by atoms with Crippen molar-refractivity contribution in [1.29, 1.82) is 0 Å². The van der Waals surface area contributed by atoms with Crippen LogP contribution in [0.1, 0.15) is 31.2 Å². The van der Waals surface area contributed by atoms with Crippen LogP contribution in [0.25, 0.3) is 17.0 Å². The molecule has 2 heterocycles. The van der Waals surface area contributed by atoms with Gasteiger partial charge in [0.2, 0.25) is 0 Å². The summed E-state index contributed by atoms with van der Waals surface area (Å²) < 4.78 is 0. The van der Waals surface area contributed by atoms with Crippen LogP contribution >= 0.6 is 11.8 Å². The maximum Gasteiger partial charge on any atom is 0.264 e. The monoisotopic (exact) mass is 353 g/mol. The molecule has 5 nitrogen and oxygen atoms in total. The van der Waals surface area contributed by atoms with Crippen molar-refractivity contribution in [2.75, 3.05) is 0 Å². The van der Waals surface area contributed by atoms with Gasteiger partial charge in [-0.1, -0.05) is 25.0 Å². The molecule has 0 bridgehead atoms. The molecule has 2 unspecified atom stereocenters. The summed E-state index contributed by atoms with van der Waals surface area (Å²) in [5.41, 5.74) is 1.89. The van der Waals surface area contributed by atoms with Gasteiger partial charge in [0.25, 0.3) is 5.91 Å². The minimum absolute atomic E-state index is 0.109. The Labute approximate surface area is 150 Å². The van der Waals surface area contributed by atoms with Crippen molar-refractivity contribution in [3.8, 4) is 0 Å². The fourth-order valence-corrected chi connectivity index (χ4v) is 4.10. The Morgan fingerprint density at radius 3 is 3.04 bits per heavy atom. The number of aliphatic imine (C=N–C) groups is 1. The number of rotatable bonds is 2. The lowest BCUT2D eigenvalue weighted by atomic mass is 9.93. The first-order chi connectivity index (χ1) is 12.2. The van der Waals surface area contributed by atoms with E-state index in [1.54, 1.807) is 6.20 Å². The molecule has 1 saturated heterocycles. The first-order valence-electron chi connectivity index (χ1n) is 8.50. The van der Waals surface area contributed by atoms with Gasteiger partial charge in [0.05, 0.1) is 22.6 Å². The number of nitrogens with zero attached hydrogens (tertiary/aromatic N) is 2. The molecule has 6 heteroatoms. The predicted octanol–water partition coefficient (Wildman–Crippen LogP) is 3.10. The number of fused-ring (bicyclic) bond motifs is 1. The number of amides is 1. The minimum Gasteiger partial charge on any atom is -0.391 e. The summed E-state index contributed by atoms with van der Waals surface area (Å²) in [6, 6.07) is 9.72. The predicted molar refractivity (Wildman–Crippen MR) is 101 cm³/mol. The third-order valence-corrected chi connectivity index (χ3v) is 5.48. The number of nitrogens with one attached hydrogen (secondary N) is 1. The summed E-state index contributed by atoms with van der Waals surface area (Å²) in [5.74, 6) is -0.139. The highest BCUT2D eigenvalue weighted by atomic mass is 32.2. The Morgan fingerprint density at radius 2 is 2.16 bits per heavy atom. The number of thioether (sulfide) groups is 1. The molecule has 0 radical (unpaired) electrons. The molecule has 25 heavy (non-hydrogen) atoms. The van der Waals surface area contributed by atoms with E-state index < -0.39 is 6.10 Å². The van der Waals surface area contributed by atoms with Crippen molar-refractivity contribution in [3.05, 3.63) is 47.0 Å². The number of aliphatic hydroxyl groups is 1. The third-order valence-electron chi connectivity index (χ3n) is 4.55. The molecule has 4 rings (SSSR count). The first kappa shape index (κ1) is 16.3. The SMILES string of the molecule is O=C1NC(=NC2CCCCC2O)S/C1=C\c1ccc2ncccc2c1. The highest BCUT2D eigenvalue weighted by Gasteiger charge is 2.28. The second kappa shape index (κ2) is 6.98. The summed E-state index contributed by atoms with van der Waals surface area (Å²) in [6.07, 6.45) is 7.01. The van der Waals surface area contributed by atoms with Crippen molar-refractivity contribution in [1.82, 2.24) is 10.3 Å². The minimum atomic E-state index is -0.403. The first-order valence-corrected chi connectivity index (χ1v) is 9.32. The van der Waals surface area contributed by atoms with Crippen LogP contribution in [-0.2, 0) is 4.79 Å². The molecule has 0 spiro atoms. The Hall–Kier alpha value is -2.18. The number of pyridine rings is 1. The second-order valence-electron chi connectivity index (χ2n) is 6.37. The van der Waals surface area contributed by atoms with Crippen molar-refractivity contribution >= 4 is 39.8 Å². The van der Waals surface area contributed by atoms with Gasteiger partial charge in [-0.25, -0.2) is 0 Å². The van der Waals surface area contributed by atoms with Crippen LogP contribution in [0.3, 0.4) is 0 Å². The van der Waals surface area contributed by atoms with Crippen molar-refractivity contribution in [3.63, 3.8) is 0 Å². The van der Waals surface area contributed by atoms with E-state index in [-0.39, 0.29) is 11.9 Å². The molecule has 1 amide bonds. The van der Waals surface area contributed by atoms with E-state index in [2.05, 4.69) is 15.3 Å². The van der Waals surface area contributed by atoms with Crippen LogP contribution < -0.4 is 5.32 Å².